The average Bonchev–Trinajstić information content (AvgIpc) is 2.51. The Hall–Kier alpha value is -1.58. The van der Waals surface area contributed by atoms with Crippen molar-refractivity contribution >= 4 is 33.6 Å². The lowest BCUT2D eigenvalue weighted by Crippen LogP contribution is -1.71. The van der Waals surface area contributed by atoms with Crippen LogP contribution in [-0.2, 0) is 4.79 Å². The summed E-state index contributed by atoms with van der Waals surface area (Å²) in [4.78, 5) is 18.1. The van der Waals surface area contributed by atoms with Crippen molar-refractivity contribution in [3.8, 4) is 0 Å². The summed E-state index contributed by atoms with van der Waals surface area (Å²) in [6, 6.07) is 3.48. The molecule has 4 nitrogen and oxygen atoms in total. The maximum Gasteiger partial charge on any atom is 0.242 e. The molecule has 2 rings (SSSR count). The van der Waals surface area contributed by atoms with Gasteiger partial charge in [-0.15, -0.1) is 4.99 Å². The van der Waals surface area contributed by atoms with Gasteiger partial charge in [-0.2, -0.15) is 4.37 Å². The van der Waals surface area contributed by atoms with Crippen molar-refractivity contribution in [3.63, 3.8) is 0 Å². The zero-order chi connectivity index (χ0) is 8.39. The van der Waals surface area contributed by atoms with Crippen LogP contribution in [0.25, 0.3) is 10.2 Å². The largest absolute Gasteiger partial charge is 0.242 e. The summed E-state index contributed by atoms with van der Waals surface area (Å²) in [7, 11) is 0. The normalized spacial score (nSPS) is 9.67. The maximum atomic E-state index is 9.90. The molecule has 0 aliphatic carbocycles. The predicted octanol–water partition coefficient (Wildman–Crippen LogP) is 1.66. The van der Waals surface area contributed by atoms with E-state index in [9.17, 15) is 4.79 Å². The van der Waals surface area contributed by atoms with Crippen LogP contribution in [0.1, 0.15) is 0 Å². The highest BCUT2D eigenvalue weighted by atomic mass is 32.1. The quantitative estimate of drug-likeness (QED) is 0.491. The van der Waals surface area contributed by atoms with Crippen LogP contribution in [0.5, 0.6) is 0 Å². The van der Waals surface area contributed by atoms with Gasteiger partial charge in [0.2, 0.25) is 6.08 Å². The summed E-state index contributed by atoms with van der Waals surface area (Å²) in [6.07, 6.45) is 3.16. The number of pyridine rings is 1. The van der Waals surface area contributed by atoms with Gasteiger partial charge in [0.05, 0.1) is 6.20 Å². The minimum absolute atomic E-state index is 0.377. The molecule has 0 saturated heterocycles. The number of aromatic nitrogens is 2. The number of rotatable bonds is 1. The Bertz CT molecular complexity index is 458. The molecule has 12 heavy (non-hydrogen) atoms. The number of nitrogens with zero attached hydrogens (tertiary/aromatic N) is 3. The summed E-state index contributed by atoms with van der Waals surface area (Å²) < 4.78 is 3.94. The molecule has 5 heteroatoms. The molecule has 0 aliphatic rings. The molecule has 0 radical (unpaired) electrons. The van der Waals surface area contributed by atoms with E-state index in [0.717, 1.165) is 10.2 Å². The first-order valence-corrected chi connectivity index (χ1v) is 3.97. The second-order valence-electron chi connectivity index (χ2n) is 2.09. The molecule has 0 saturated carbocycles. The lowest BCUT2D eigenvalue weighted by Gasteiger charge is -1.87. The third kappa shape index (κ3) is 1.11. The average molecular weight is 177 g/mol. The van der Waals surface area contributed by atoms with E-state index in [0.29, 0.717) is 5.82 Å². The number of hydrogen-bond acceptors (Lipinski definition) is 5. The molecule has 0 fully saturated rings. The Morgan fingerprint density at radius 3 is 3.25 bits per heavy atom. The molecule has 0 atom stereocenters. The second kappa shape index (κ2) is 2.81. The van der Waals surface area contributed by atoms with Gasteiger partial charge >= 0.3 is 0 Å². The second-order valence-corrected chi connectivity index (χ2v) is 2.87. The number of fused-ring (bicyclic) bond motifs is 1. The minimum Gasteiger partial charge on any atom is -0.215 e. The van der Waals surface area contributed by atoms with Gasteiger partial charge in [-0.3, -0.25) is 0 Å². The number of aliphatic imine (C=N–C) groups is 1. The van der Waals surface area contributed by atoms with Gasteiger partial charge in [-0.1, -0.05) is 0 Å². The smallest absolute Gasteiger partial charge is 0.215 e. The van der Waals surface area contributed by atoms with Gasteiger partial charge in [0.1, 0.15) is 4.83 Å². The molecule has 0 aromatic carbocycles. The lowest BCUT2D eigenvalue weighted by molar-refractivity contribution is 0.565. The molecule has 2 aromatic rings. The Kier molecular flexibility index (Phi) is 1.66. The van der Waals surface area contributed by atoms with Crippen LogP contribution in [0.3, 0.4) is 0 Å². The standard InChI is InChI=1S/C7H3N3OS/c11-4-8-6-2-1-5-3-9-12-7(5)10-6/h1-3H. The summed E-state index contributed by atoms with van der Waals surface area (Å²) in [5.41, 5.74) is 0. The molecule has 0 unspecified atom stereocenters. The highest BCUT2D eigenvalue weighted by Gasteiger charge is 1.97. The Labute approximate surface area is 71.8 Å². The topological polar surface area (TPSA) is 55.2 Å². The van der Waals surface area contributed by atoms with Crippen molar-refractivity contribution in [2.75, 3.05) is 0 Å². The lowest BCUT2D eigenvalue weighted by atomic mass is 10.4. The summed E-state index contributed by atoms with van der Waals surface area (Å²) in [6.45, 7) is 0. The molecular formula is C7H3N3OS. The van der Waals surface area contributed by atoms with Gasteiger partial charge in [0.25, 0.3) is 0 Å². The third-order valence-electron chi connectivity index (χ3n) is 1.37. The van der Waals surface area contributed by atoms with E-state index >= 15 is 0 Å². The zero-order valence-corrected chi connectivity index (χ0v) is 6.71. The van der Waals surface area contributed by atoms with Gasteiger partial charge in [0, 0.05) is 5.39 Å². The van der Waals surface area contributed by atoms with Crippen molar-refractivity contribution in [2.45, 2.75) is 0 Å². The first-order valence-electron chi connectivity index (χ1n) is 3.19. The van der Waals surface area contributed by atoms with Crippen LogP contribution in [0, 0.1) is 0 Å². The fourth-order valence-corrected chi connectivity index (χ4v) is 1.48. The van der Waals surface area contributed by atoms with E-state index < -0.39 is 0 Å². The van der Waals surface area contributed by atoms with Crippen LogP contribution in [0.2, 0.25) is 0 Å². The first kappa shape index (κ1) is 7.09. The van der Waals surface area contributed by atoms with Crippen LogP contribution >= 0.6 is 11.5 Å². The Balaban J connectivity index is 2.67. The zero-order valence-electron chi connectivity index (χ0n) is 5.89. The predicted molar refractivity (Wildman–Crippen MR) is 45.2 cm³/mol. The van der Waals surface area contributed by atoms with Crippen molar-refractivity contribution in [2.24, 2.45) is 4.99 Å². The molecule has 2 heterocycles. The molecule has 0 aliphatic heterocycles. The Morgan fingerprint density at radius 1 is 1.50 bits per heavy atom. The number of isocyanates is 1. The molecule has 0 bridgehead atoms. The third-order valence-corrected chi connectivity index (χ3v) is 2.08. The van der Waals surface area contributed by atoms with Crippen molar-refractivity contribution in [3.05, 3.63) is 18.3 Å². The van der Waals surface area contributed by atoms with Crippen molar-refractivity contribution in [1.82, 2.24) is 9.36 Å². The van der Waals surface area contributed by atoms with Crippen molar-refractivity contribution < 1.29 is 4.79 Å². The van der Waals surface area contributed by atoms with E-state index in [1.165, 1.54) is 17.6 Å². The van der Waals surface area contributed by atoms with Gasteiger partial charge in [0.15, 0.2) is 5.82 Å². The highest BCUT2D eigenvalue weighted by Crippen LogP contribution is 2.18. The molecule has 0 spiro atoms. The molecule has 0 N–H and O–H groups in total. The van der Waals surface area contributed by atoms with Crippen LogP contribution in [0.15, 0.2) is 23.3 Å². The van der Waals surface area contributed by atoms with E-state index in [-0.39, 0.29) is 0 Å². The van der Waals surface area contributed by atoms with Gasteiger partial charge in [-0.05, 0) is 23.7 Å². The monoisotopic (exact) mass is 177 g/mol. The molecule has 2 aromatic heterocycles. The summed E-state index contributed by atoms with van der Waals surface area (Å²) in [5, 5.41) is 0.963. The minimum atomic E-state index is 0.377. The molecule has 0 amide bonds. The number of carbonyl (C=O) groups excluding carboxylic acids is 1. The first-order chi connectivity index (χ1) is 5.90. The maximum absolute atomic E-state index is 9.90. The van der Waals surface area contributed by atoms with E-state index in [1.54, 1.807) is 12.3 Å². The summed E-state index contributed by atoms with van der Waals surface area (Å²) >= 11 is 1.28. The van der Waals surface area contributed by atoms with E-state index in [2.05, 4.69) is 14.3 Å². The van der Waals surface area contributed by atoms with Crippen LogP contribution < -0.4 is 0 Å². The van der Waals surface area contributed by atoms with Gasteiger partial charge in [-0.25, -0.2) is 9.78 Å². The van der Waals surface area contributed by atoms with Crippen molar-refractivity contribution in [1.29, 1.82) is 0 Å². The van der Waals surface area contributed by atoms with E-state index in [1.807, 2.05) is 6.07 Å². The van der Waals surface area contributed by atoms with Crippen LogP contribution in [0.4, 0.5) is 5.82 Å². The molecular weight excluding hydrogens is 174 g/mol. The van der Waals surface area contributed by atoms with E-state index in [4.69, 9.17) is 0 Å². The highest BCUT2D eigenvalue weighted by molar-refractivity contribution is 7.12. The Morgan fingerprint density at radius 2 is 2.42 bits per heavy atom. The summed E-state index contributed by atoms with van der Waals surface area (Å²) in [5.74, 6) is 0.377. The SMILES string of the molecule is O=C=Nc1ccc2cnsc2n1. The van der Waals surface area contributed by atoms with Gasteiger partial charge < -0.3 is 0 Å². The fraction of sp³-hybridized carbons (Fsp3) is 0. The van der Waals surface area contributed by atoms with Crippen LogP contribution in [-0.4, -0.2) is 15.4 Å². The fourth-order valence-electron chi connectivity index (χ4n) is 0.855. The number of hydrogen-bond donors (Lipinski definition) is 0. The molecule has 58 valence electrons.